The summed E-state index contributed by atoms with van der Waals surface area (Å²) in [6, 6.07) is 4.30. The Morgan fingerprint density at radius 1 is 1.24 bits per heavy atom. The molecule has 0 aliphatic heterocycles. The van der Waals surface area contributed by atoms with Gasteiger partial charge in [0.05, 0.1) is 17.4 Å². The molecule has 0 aromatic carbocycles. The quantitative estimate of drug-likeness (QED) is 0.907. The van der Waals surface area contributed by atoms with Crippen molar-refractivity contribution in [2.45, 2.75) is 65.8 Å². The Balaban J connectivity index is 2.69. The minimum atomic E-state index is -0.00108. The van der Waals surface area contributed by atoms with E-state index in [1.54, 1.807) is 0 Å². The van der Waals surface area contributed by atoms with Gasteiger partial charge in [0.15, 0.2) is 0 Å². The predicted octanol–water partition coefficient (Wildman–Crippen LogP) is 4.38. The lowest BCUT2D eigenvalue weighted by Crippen LogP contribution is -2.26. The maximum absolute atomic E-state index is 6.65. The monoisotopic (exact) mass is 287 g/mol. The van der Waals surface area contributed by atoms with Gasteiger partial charge in [-0.2, -0.15) is 0 Å². The van der Waals surface area contributed by atoms with Gasteiger partial charge in [-0.05, 0) is 30.5 Å². The number of fused-ring (bicyclic) bond motifs is 1. The zero-order valence-corrected chi connectivity index (χ0v) is 14.3. The second-order valence-electron chi connectivity index (χ2n) is 7.13. The minimum Gasteiger partial charge on any atom is -0.322 e. The smallest absolute Gasteiger partial charge is 0.137 e. The Bertz CT molecular complexity index is 615. The molecule has 1 atom stereocenters. The number of imidazole rings is 1. The van der Waals surface area contributed by atoms with Crippen LogP contribution in [0.1, 0.15) is 70.5 Å². The number of nitrogens with zero attached hydrogens (tertiary/aromatic N) is 2. The van der Waals surface area contributed by atoms with E-state index < -0.39 is 0 Å². The van der Waals surface area contributed by atoms with E-state index in [-0.39, 0.29) is 11.5 Å². The summed E-state index contributed by atoms with van der Waals surface area (Å²) in [7, 11) is 0. The Hall–Kier alpha value is -1.35. The zero-order valence-electron chi connectivity index (χ0n) is 14.3. The molecule has 0 fully saturated rings. The normalized spacial score (nSPS) is 14.1. The topological polar surface area (TPSA) is 43.3 Å². The Kier molecular flexibility index (Phi) is 4.43. The summed E-state index contributed by atoms with van der Waals surface area (Å²) in [5, 5.41) is 0. The van der Waals surface area contributed by atoms with Crippen molar-refractivity contribution >= 4 is 5.65 Å². The molecule has 0 saturated carbocycles. The summed E-state index contributed by atoms with van der Waals surface area (Å²) >= 11 is 0. The zero-order chi connectivity index (χ0) is 15.8. The van der Waals surface area contributed by atoms with Crippen molar-refractivity contribution in [1.29, 1.82) is 0 Å². The van der Waals surface area contributed by atoms with E-state index in [1.165, 1.54) is 11.3 Å². The maximum atomic E-state index is 6.65. The highest BCUT2D eigenvalue weighted by Crippen LogP contribution is 2.34. The lowest BCUT2D eigenvalue weighted by Gasteiger charge is -2.26. The second-order valence-corrected chi connectivity index (χ2v) is 7.13. The van der Waals surface area contributed by atoms with Crippen LogP contribution in [0.2, 0.25) is 0 Å². The fourth-order valence-electron chi connectivity index (χ4n) is 3.06. The van der Waals surface area contributed by atoms with E-state index in [2.05, 4.69) is 64.3 Å². The molecule has 2 heterocycles. The summed E-state index contributed by atoms with van der Waals surface area (Å²) in [5.41, 5.74) is 11.2. The van der Waals surface area contributed by atoms with Crippen LogP contribution in [0.5, 0.6) is 0 Å². The number of aryl methyl sites for hydroxylation is 1. The van der Waals surface area contributed by atoms with Gasteiger partial charge in [-0.15, -0.1) is 0 Å². The molecule has 0 aliphatic carbocycles. The number of nitrogens with two attached hydrogens (primary N) is 1. The predicted molar refractivity (Wildman–Crippen MR) is 89.6 cm³/mol. The summed E-state index contributed by atoms with van der Waals surface area (Å²) in [5.74, 6) is 0.493. The minimum absolute atomic E-state index is 0.00108. The van der Waals surface area contributed by atoms with Crippen molar-refractivity contribution in [3.63, 3.8) is 0 Å². The third-order valence-electron chi connectivity index (χ3n) is 4.40. The number of rotatable bonds is 4. The molecule has 2 aromatic heterocycles. The molecule has 2 N–H and O–H groups in total. The fourth-order valence-corrected chi connectivity index (χ4v) is 3.06. The first-order chi connectivity index (χ1) is 9.79. The summed E-state index contributed by atoms with van der Waals surface area (Å²) in [4.78, 5) is 4.90. The average Bonchev–Trinajstić information content (AvgIpc) is 2.78. The van der Waals surface area contributed by atoms with Crippen LogP contribution in [0.3, 0.4) is 0 Å². The van der Waals surface area contributed by atoms with Crippen molar-refractivity contribution in [1.82, 2.24) is 9.38 Å². The van der Waals surface area contributed by atoms with Crippen molar-refractivity contribution in [3.05, 3.63) is 35.3 Å². The molecule has 0 amide bonds. The van der Waals surface area contributed by atoms with E-state index >= 15 is 0 Å². The van der Waals surface area contributed by atoms with Gasteiger partial charge in [0.1, 0.15) is 5.65 Å². The summed E-state index contributed by atoms with van der Waals surface area (Å²) in [6.07, 6.45) is 4.31. The Labute approximate surface area is 128 Å². The van der Waals surface area contributed by atoms with Gasteiger partial charge >= 0.3 is 0 Å². The molecule has 116 valence electrons. The van der Waals surface area contributed by atoms with Crippen LogP contribution < -0.4 is 5.73 Å². The van der Waals surface area contributed by atoms with Crippen molar-refractivity contribution < 1.29 is 0 Å². The molecule has 2 rings (SSSR count). The molecular formula is C18H29N3. The number of pyridine rings is 1. The first-order valence-electron chi connectivity index (χ1n) is 8.04. The molecule has 21 heavy (non-hydrogen) atoms. The highest BCUT2D eigenvalue weighted by atomic mass is 15.0. The molecule has 0 radical (unpaired) electrons. The van der Waals surface area contributed by atoms with E-state index in [4.69, 9.17) is 10.7 Å². The maximum Gasteiger partial charge on any atom is 0.137 e. The fraction of sp³-hybridized carbons (Fsp3) is 0.611. The average molecular weight is 287 g/mol. The van der Waals surface area contributed by atoms with Gasteiger partial charge in [0.2, 0.25) is 0 Å². The van der Waals surface area contributed by atoms with Gasteiger partial charge in [-0.25, -0.2) is 4.98 Å². The van der Waals surface area contributed by atoms with Crippen LogP contribution in [0.15, 0.2) is 18.3 Å². The molecule has 0 spiro atoms. The van der Waals surface area contributed by atoms with Gasteiger partial charge in [-0.1, -0.05) is 47.5 Å². The van der Waals surface area contributed by atoms with E-state index in [9.17, 15) is 0 Å². The first kappa shape index (κ1) is 16.0. The molecule has 2 aromatic rings. The highest BCUT2D eigenvalue weighted by Gasteiger charge is 2.29. The molecular weight excluding hydrogens is 258 g/mol. The van der Waals surface area contributed by atoms with Crippen molar-refractivity contribution in [3.8, 4) is 0 Å². The largest absolute Gasteiger partial charge is 0.322 e. The van der Waals surface area contributed by atoms with Crippen LogP contribution >= 0.6 is 0 Å². The number of hydrogen-bond donors (Lipinski definition) is 1. The van der Waals surface area contributed by atoms with Gasteiger partial charge in [0, 0.05) is 11.6 Å². The Morgan fingerprint density at radius 3 is 2.38 bits per heavy atom. The van der Waals surface area contributed by atoms with Crippen LogP contribution in [0, 0.1) is 12.8 Å². The molecule has 3 heteroatoms. The molecule has 0 bridgehead atoms. The SMILES string of the molecule is CCC(CC)C(N)c1c(C(C)(C)C)nc2cc(C)ccn12. The van der Waals surface area contributed by atoms with Gasteiger partial charge in [-0.3, -0.25) is 0 Å². The van der Waals surface area contributed by atoms with Gasteiger partial charge < -0.3 is 10.1 Å². The van der Waals surface area contributed by atoms with Crippen LogP contribution in [0.4, 0.5) is 0 Å². The summed E-state index contributed by atoms with van der Waals surface area (Å²) < 4.78 is 2.19. The van der Waals surface area contributed by atoms with Crippen LogP contribution in [-0.4, -0.2) is 9.38 Å². The van der Waals surface area contributed by atoms with Crippen LogP contribution in [0.25, 0.3) is 5.65 Å². The standard InChI is InChI=1S/C18H29N3/c1-7-13(8-2)15(19)16-17(18(4,5)6)20-14-11-12(3)9-10-21(14)16/h9-11,13,15H,7-8,19H2,1-6H3. The van der Waals surface area contributed by atoms with E-state index in [1.807, 2.05) is 0 Å². The number of hydrogen-bond acceptors (Lipinski definition) is 2. The van der Waals surface area contributed by atoms with E-state index in [0.717, 1.165) is 24.2 Å². The summed E-state index contributed by atoms with van der Waals surface area (Å²) in [6.45, 7) is 13.2. The molecule has 0 saturated heterocycles. The third kappa shape index (κ3) is 2.98. The molecule has 1 unspecified atom stereocenters. The Morgan fingerprint density at radius 2 is 1.86 bits per heavy atom. The lowest BCUT2D eigenvalue weighted by atomic mass is 9.84. The van der Waals surface area contributed by atoms with Crippen molar-refractivity contribution in [2.75, 3.05) is 0 Å². The van der Waals surface area contributed by atoms with Gasteiger partial charge in [0.25, 0.3) is 0 Å². The highest BCUT2D eigenvalue weighted by molar-refractivity contribution is 5.48. The number of aromatic nitrogens is 2. The third-order valence-corrected chi connectivity index (χ3v) is 4.40. The lowest BCUT2D eigenvalue weighted by molar-refractivity contribution is 0.389. The van der Waals surface area contributed by atoms with E-state index in [0.29, 0.717) is 5.92 Å². The van der Waals surface area contributed by atoms with Crippen LogP contribution in [-0.2, 0) is 5.41 Å². The van der Waals surface area contributed by atoms with Crippen molar-refractivity contribution in [2.24, 2.45) is 11.7 Å². The molecule has 3 nitrogen and oxygen atoms in total. The second kappa shape index (κ2) is 5.80. The first-order valence-corrected chi connectivity index (χ1v) is 8.04. The molecule has 0 aliphatic rings.